The van der Waals surface area contributed by atoms with Gasteiger partial charge >= 0.3 is 0 Å². The van der Waals surface area contributed by atoms with Crippen LogP contribution in [0.2, 0.25) is 0 Å². The lowest BCUT2D eigenvalue weighted by Gasteiger charge is -2.48. The van der Waals surface area contributed by atoms with Crippen molar-refractivity contribution in [2.45, 2.75) is 51.2 Å². The Labute approximate surface area is 158 Å². The van der Waals surface area contributed by atoms with E-state index >= 15 is 4.39 Å². The van der Waals surface area contributed by atoms with Gasteiger partial charge < -0.3 is 15.0 Å². The van der Waals surface area contributed by atoms with E-state index in [0.717, 1.165) is 46.4 Å². The fourth-order valence-corrected chi connectivity index (χ4v) is 5.15. The average Bonchev–Trinajstić information content (AvgIpc) is 3.20. The number of hydrogen-bond donors (Lipinski definition) is 2. The van der Waals surface area contributed by atoms with Crippen LogP contribution in [0.3, 0.4) is 0 Å². The number of nitrogens with zero attached hydrogens (tertiary/aromatic N) is 1. The molecule has 1 fully saturated rings. The Morgan fingerprint density at radius 2 is 1.96 bits per heavy atom. The Morgan fingerprint density at radius 1 is 1.15 bits per heavy atom. The minimum atomic E-state index is -0.245. The Morgan fingerprint density at radius 3 is 2.78 bits per heavy atom. The zero-order valence-electron chi connectivity index (χ0n) is 16.1. The maximum Gasteiger partial charge on any atom is 0.133 e. The van der Waals surface area contributed by atoms with Crippen LogP contribution in [0.25, 0.3) is 22.2 Å². The lowest BCUT2D eigenvalue weighted by Crippen LogP contribution is -2.56. The van der Waals surface area contributed by atoms with Crippen LogP contribution in [-0.2, 0) is 10.2 Å². The van der Waals surface area contributed by atoms with Crippen LogP contribution in [0.4, 0.5) is 10.1 Å². The molecule has 140 valence electrons. The molecule has 2 unspecified atom stereocenters. The van der Waals surface area contributed by atoms with Gasteiger partial charge in [-0.05, 0) is 62.6 Å². The smallest absolute Gasteiger partial charge is 0.133 e. The number of rotatable bonds is 1. The zero-order chi connectivity index (χ0) is 19.0. The van der Waals surface area contributed by atoms with E-state index in [1.54, 1.807) is 12.4 Å². The molecule has 0 radical (unpaired) electrons. The average molecular weight is 365 g/mol. The van der Waals surface area contributed by atoms with Gasteiger partial charge in [0.15, 0.2) is 0 Å². The first-order chi connectivity index (χ1) is 12.8. The quantitative estimate of drug-likeness (QED) is 0.643. The summed E-state index contributed by atoms with van der Waals surface area (Å²) in [6.45, 7) is 9.25. The minimum Gasteiger partial charge on any atom is -0.377 e. The molecule has 0 saturated carbocycles. The molecule has 2 aliphatic rings. The number of aromatic nitrogens is 2. The molecule has 5 heteroatoms. The van der Waals surface area contributed by atoms with E-state index in [4.69, 9.17) is 4.74 Å². The number of fused-ring (bicyclic) bond motifs is 4. The van der Waals surface area contributed by atoms with Gasteiger partial charge in [0.05, 0.1) is 29.0 Å². The van der Waals surface area contributed by atoms with Crippen molar-refractivity contribution in [2.75, 3.05) is 11.9 Å². The minimum absolute atomic E-state index is 0.0544. The number of aryl methyl sites for hydroxylation is 1. The summed E-state index contributed by atoms with van der Waals surface area (Å²) in [5.74, 6) is -0.229. The predicted octanol–water partition coefficient (Wildman–Crippen LogP) is 4.93. The SMILES string of the molecule is Cc1cc(-c2cc3c(cc2F)NC(C)(C)C2OCCC32C)c2nc[nH]c2c1. The lowest BCUT2D eigenvalue weighted by atomic mass is 9.66. The summed E-state index contributed by atoms with van der Waals surface area (Å²) in [4.78, 5) is 7.58. The maximum atomic E-state index is 15.2. The van der Waals surface area contributed by atoms with Gasteiger partial charge in [0.2, 0.25) is 0 Å². The summed E-state index contributed by atoms with van der Waals surface area (Å²) in [5, 5.41) is 3.51. The van der Waals surface area contributed by atoms with E-state index in [-0.39, 0.29) is 22.9 Å². The van der Waals surface area contributed by atoms with E-state index in [1.165, 1.54) is 0 Å². The molecule has 0 spiro atoms. The van der Waals surface area contributed by atoms with E-state index in [2.05, 4.69) is 36.1 Å². The number of H-pyrrole nitrogens is 1. The molecule has 5 rings (SSSR count). The van der Waals surface area contributed by atoms with Gasteiger partial charge in [-0.15, -0.1) is 0 Å². The molecule has 2 aliphatic heterocycles. The first kappa shape index (κ1) is 16.8. The number of ether oxygens (including phenoxy) is 1. The molecular weight excluding hydrogens is 341 g/mol. The lowest BCUT2D eigenvalue weighted by molar-refractivity contribution is 0.0352. The number of anilines is 1. The van der Waals surface area contributed by atoms with Crippen molar-refractivity contribution in [3.05, 3.63) is 47.5 Å². The second kappa shape index (κ2) is 5.32. The number of benzene rings is 2. The van der Waals surface area contributed by atoms with Gasteiger partial charge in [-0.3, -0.25) is 0 Å². The van der Waals surface area contributed by atoms with Crippen molar-refractivity contribution >= 4 is 16.7 Å². The van der Waals surface area contributed by atoms with E-state index < -0.39 is 0 Å². The van der Waals surface area contributed by atoms with Crippen molar-refractivity contribution < 1.29 is 9.13 Å². The van der Waals surface area contributed by atoms with Crippen molar-refractivity contribution in [1.29, 1.82) is 0 Å². The number of imidazole rings is 1. The molecule has 3 aromatic rings. The number of aromatic amines is 1. The van der Waals surface area contributed by atoms with E-state index in [1.807, 2.05) is 25.1 Å². The third-order valence-electron chi connectivity index (χ3n) is 6.28. The van der Waals surface area contributed by atoms with Gasteiger partial charge in [-0.25, -0.2) is 9.37 Å². The number of nitrogens with one attached hydrogen (secondary N) is 2. The molecule has 0 aliphatic carbocycles. The van der Waals surface area contributed by atoms with Crippen LogP contribution < -0.4 is 5.32 Å². The largest absolute Gasteiger partial charge is 0.377 e. The van der Waals surface area contributed by atoms with E-state index in [9.17, 15) is 0 Å². The molecule has 27 heavy (non-hydrogen) atoms. The van der Waals surface area contributed by atoms with Gasteiger partial charge in [-0.2, -0.15) is 0 Å². The van der Waals surface area contributed by atoms with Crippen LogP contribution in [0.15, 0.2) is 30.6 Å². The molecule has 2 aromatic carbocycles. The van der Waals surface area contributed by atoms with Crippen molar-refractivity contribution in [3.63, 3.8) is 0 Å². The number of halogens is 1. The van der Waals surface area contributed by atoms with Crippen LogP contribution in [-0.4, -0.2) is 28.2 Å². The Kier molecular flexibility index (Phi) is 3.30. The summed E-state index contributed by atoms with van der Waals surface area (Å²) < 4.78 is 21.4. The fraction of sp³-hybridized carbons (Fsp3) is 0.409. The third kappa shape index (κ3) is 2.27. The van der Waals surface area contributed by atoms with Crippen LogP contribution >= 0.6 is 0 Å². The van der Waals surface area contributed by atoms with Gasteiger partial charge in [0.1, 0.15) is 5.82 Å². The zero-order valence-corrected chi connectivity index (χ0v) is 16.1. The Bertz CT molecular complexity index is 1070. The monoisotopic (exact) mass is 365 g/mol. The first-order valence-electron chi connectivity index (χ1n) is 9.47. The van der Waals surface area contributed by atoms with Crippen LogP contribution in [0, 0.1) is 12.7 Å². The second-order valence-electron chi connectivity index (χ2n) is 8.75. The first-order valence-corrected chi connectivity index (χ1v) is 9.47. The standard InChI is InChI=1S/C22H24FN3O/c1-12-7-14(19-18(8-12)24-11-25-19)13-9-15-17(10-16(13)23)26-21(2,3)20-22(15,4)5-6-27-20/h7-11,20,26H,5-6H2,1-4H3,(H,24,25). The van der Waals surface area contributed by atoms with Gasteiger partial charge in [0, 0.05) is 28.8 Å². The predicted molar refractivity (Wildman–Crippen MR) is 106 cm³/mol. The molecular formula is C22H24FN3O. The highest BCUT2D eigenvalue weighted by Crippen LogP contribution is 2.51. The molecule has 1 saturated heterocycles. The maximum absolute atomic E-state index is 15.2. The second-order valence-corrected chi connectivity index (χ2v) is 8.75. The van der Waals surface area contributed by atoms with Crippen molar-refractivity contribution in [1.82, 2.24) is 9.97 Å². The van der Waals surface area contributed by atoms with Gasteiger partial charge in [-0.1, -0.05) is 6.92 Å². The Balaban J connectivity index is 1.77. The summed E-state index contributed by atoms with van der Waals surface area (Å²) in [5.41, 5.74) is 5.85. The summed E-state index contributed by atoms with van der Waals surface area (Å²) in [6, 6.07) is 7.71. The van der Waals surface area contributed by atoms with Crippen LogP contribution in [0.1, 0.15) is 38.3 Å². The molecule has 3 heterocycles. The normalized spacial score (nSPS) is 25.9. The van der Waals surface area contributed by atoms with Gasteiger partial charge in [0.25, 0.3) is 0 Å². The fourth-order valence-electron chi connectivity index (χ4n) is 5.15. The molecule has 0 bridgehead atoms. The van der Waals surface area contributed by atoms with Crippen molar-refractivity contribution in [3.8, 4) is 11.1 Å². The summed E-state index contributed by atoms with van der Waals surface area (Å²) >= 11 is 0. The summed E-state index contributed by atoms with van der Waals surface area (Å²) in [6.07, 6.45) is 2.65. The summed E-state index contributed by atoms with van der Waals surface area (Å²) in [7, 11) is 0. The van der Waals surface area contributed by atoms with Crippen LogP contribution in [0.5, 0.6) is 0 Å². The molecule has 2 atom stereocenters. The van der Waals surface area contributed by atoms with Crippen molar-refractivity contribution in [2.24, 2.45) is 0 Å². The number of hydrogen-bond acceptors (Lipinski definition) is 3. The highest BCUT2D eigenvalue weighted by Gasteiger charge is 2.53. The molecule has 1 aromatic heterocycles. The highest BCUT2D eigenvalue weighted by molar-refractivity contribution is 5.93. The third-order valence-corrected chi connectivity index (χ3v) is 6.28. The molecule has 4 nitrogen and oxygen atoms in total. The van der Waals surface area contributed by atoms with E-state index in [0.29, 0.717) is 5.56 Å². The molecule has 2 N–H and O–H groups in total. The topological polar surface area (TPSA) is 49.9 Å². The Hall–Kier alpha value is -2.40. The molecule has 0 amide bonds. The highest BCUT2D eigenvalue weighted by atomic mass is 19.1.